The SMILES string of the molecule is CN1CCCC2(CCCN2C(=O)CCc2ccc(F)cc2F)C1=O. The van der Waals surface area contributed by atoms with Gasteiger partial charge in [-0.25, -0.2) is 8.78 Å². The van der Waals surface area contributed by atoms with Crippen molar-refractivity contribution in [2.75, 3.05) is 20.1 Å². The van der Waals surface area contributed by atoms with E-state index in [1.807, 2.05) is 0 Å². The summed E-state index contributed by atoms with van der Waals surface area (Å²) in [6.07, 6.45) is 3.44. The molecule has 6 heteroatoms. The Morgan fingerprint density at radius 1 is 1.21 bits per heavy atom. The van der Waals surface area contributed by atoms with E-state index in [1.54, 1.807) is 16.8 Å². The molecule has 1 spiro atoms. The van der Waals surface area contributed by atoms with E-state index in [0.29, 0.717) is 24.9 Å². The van der Waals surface area contributed by atoms with Crippen molar-refractivity contribution in [2.24, 2.45) is 0 Å². The summed E-state index contributed by atoms with van der Waals surface area (Å²) in [4.78, 5) is 28.7. The van der Waals surface area contributed by atoms with Crippen molar-refractivity contribution in [3.63, 3.8) is 0 Å². The molecule has 0 bridgehead atoms. The summed E-state index contributed by atoms with van der Waals surface area (Å²) in [6, 6.07) is 3.40. The lowest BCUT2D eigenvalue weighted by molar-refractivity contribution is -0.154. The molecule has 1 unspecified atom stereocenters. The van der Waals surface area contributed by atoms with E-state index in [2.05, 4.69) is 0 Å². The summed E-state index contributed by atoms with van der Waals surface area (Å²) in [7, 11) is 1.78. The van der Waals surface area contributed by atoms with E-state index >= 15 is 0 Å². The van der Waals surface area contributed by atoms with Gasteiger partial charge >= 0.3 is 0 Å². The monoisotopic (exact) mass is 336 g/mol. The number of hydrogen-bond donors (Lipinski definition) is 0. The van der Waals surface area contributed by atoms with Crippen molar-refractivity contribution >= 4 is 11.8 Å². The van der Waals surface area contributed by atoms with E-state index in [4.69, 9.17) is 0 Å². The van der Waals surface area contributed by atoms with Gasteiger partial charge in [-0.2, -0.15) is 0 Å². The average molecular weight is 336 g/mol. The fourth-order valence-corrected chi connectivity index (χ4v) is 4.00. The molecule has 2 amide bonds. The van der Waals surface area contributed by atoms with E-state index < -0.39 is 17.2 Å². The van der Waals surface area contributed by atoms with E-state index in [1.165, 1.54) is 12.1 Å². The van der Waals surface area contributed by atoms with Crippen LogP contribution in [0.5, 0.6) is 0 Å². The van der Waals surface area contributed by atoms with Crippen LogP contribution in [0, 0.1) is 11.6 Å². The first-order chi connectivity index (χ1) is 11.4. The van der Waals surface area contributed by atoms with Crippen LogP contribution in [0.2, 0.25) is 0 Å². The van der Waals surface area contributed by atoms with Crippen molar-refractivity contribution in [2.45, 2.75) is 44.1 Å². The standard InChI is InChI=1S/C18H22F2N2O2/c1-21-10-2-8-18(17(21)24)9-3-11-22(18)16(23)7-5-13-4-6-14(19)12-15(13)20/h4,6,12H,2-3,5,7-11H2,1H3. The van der Waals surface area contributed by atoms with Crippen molar-refractivity contribution in [1.82, 2.24) is 9.80 Å². The number of amides is 2. The Hall–Kier alpha value is -1.98. The lowest BCUT2D eigenvalue weighted by Crippen LogP contribution is -2.60. The van der Waals surface area contributed by atoms with Gasteiger partial charge in [0.2, 0.25) is 11.8 Å². The maximum Gasteiger partial charge on any atom is 0.248 e. The Morgan fingerprint density at radius 3 is 2.62 bits per heavy atom. The number of aryl methyl sites for hydroxylation is 1. The zero-order valence-electron chi connectivity index (χ0n) is 13.9. The molecule has 1 atom stereocenters. The highest BCUT2D eigenvalue weighted by Crippen LogP contribution is 2.38. The third-order valence-corrected chi connectivity index (χ3v) is 5.24. The molecule has 0 aliphatic carbocycles. The van der Waals surface area contributed by atoms with Crippen LogP contribution in [-0.2, 0) is 16.0 Å². The minimum atomic E-state index is -0.703. The second-order valence-electron chi connectivity index (χ2n) is 6.75. The van der Waals surface area contributed by atoms with Crippen molar-refractivity contribution < 1.29 is 18.4 Å². The van der Waals surface area contributed by atoms with Gasteiger partial charge in [0.15, 0.2) is 0 Å². The molecule has 3 rings (SSSR count). The topological polar surface area (TPSA) is 40.6 Å². The highest BCUT2D eigenvalue weighted by molar-refractivity contribution is 5.92. The van der Waals surface area contributed by atoms with E-state index in [-0.39, 0.29) is 24.7 Å². The normalized spacial score (nSPS) is 24.0. The largest absolute Gasteiger partial charge is 0.344 e. The average Bonchev–Trinajstić information content (AvgIpc) is 2.96. The molecule has 130 valence electrons. The number of likely N-dealkylation sites (tertiary alicyclic amines) is 2. The summed E-state index contributed by atoms with van der Waals surface area (Å²) in [5.74, 6) is -1.36. The molecule has 0 radical (unpaired) electrons. The molecule has 1 aromatic rings. The Balaban J connectivity index is 1.71. The molecule has 0 N–H and O–H groups in total. The smallest absolute Gasteiger partial charge is 0.248 e. The molecule has 0 saturated carbocycles. The van der Waals surface area contributed by atoms with Gasteiger partial charge in [0.25, 0.3) is 0 Å². The van der Waals surface area contributed by atoms with Gasteiger partial charge in [-0.1, -0.05) is 6.07 Å². The highest BCUT2D eigenvalue weighted by atomic mass is 19.1. The Bertz CT molecular complexity index is 664. The predicted octanol–water partition coefficient (Wildman–Crippen LogP) is 2.51. The maximum absolute atomic E-state index is 13.7. The molecule has 2 fully saturated rings. The van der Waals surface area contributed by atoms with Crippen LogP contribution < -0.4 is 0 Å². The lowest BCUT2D eigenvalue weighted by Gasteiger charge is -2.43. The molecule has 4 nitrogen and oxygen atoms in total. The van der Waals surface area contributed by atoms with E-state index in [9.17, 15) is 18.4 Å². The number of piperidine rings is 1. The Kier molecular flexibility index (Phi) is 4.56. The maximum atomic E-state index is 13.7. The number of hydrogen-bond acceptors (Lipinski definition) is 2. The number of nitrogens with zero attached hydrogens (tertiary/aromatic N) is 2. The van der Waals surface area contributed by atoms with Gasteiger partial charge in [0, 0.05) is 32.6 Å². The third kappa shape index (κ3) is 2.89. The fraction of sp³-hybridized carbons (Fsp3) is 0.556. The fourth-order valence-electron chi connectivity index (χ4n) is 4.00. The van der Waals surface area contributed by atoms with Gasteiger partial charge in [0.1, 0.15) is 17.2 Å². The molecule has 2 saturated heterocycles. The zero-order valence-corrected chi connectivity index (χ0v) is 13.9. The number of likely N-dealkylation sites (N-methyl/N-ethyl adjacent to an activating group) is 1. The number of carbonyl (C=O) groups is 2. The second kappa shape index (κ2) is 6.49. The molecular weight excluding hydrogens is 314 g/mol. The van der Waals surface area contributed by atoms with Crippen LogP contribution in [0.3, 0.4) is 0 Å². The molecule has 2 aliphatic rings. The Labute approximate surface area is 140 Å². The van der Waals surface area contributed by atoms with Gasteiger partial charge in [-0.3, -0.25) is 9.59 Å². The summed E-state index contributed by atoms with van der Waals surface area (Å²) >= 11 is 0. The van der Waals surface area contributed by atoms with Crippen LogP contribution in [0.4, 0.5) is 8.78 Å². The van der Waals surface area contributed by atoms with Crippen LogP contribution in [0.25, 0.3) is 0 Å². The highest BCUT2D eigenvalue weighted by Gasteiger charge is 2.51. The first-order valence-corrected chi connectivity index (χ1v) is 8.44. The molecule has 24 heavy (non-hydrogen) atoms. The molecule has 1 aromatic carbocycles. The van der Waals surface area contributed by atoms with Crippen LogP contribution in [-0.4, -0.2) is 47.3 Å². The van der Waals surface area contributed by atoms with E-state index in [0.717, 1.165) is 25.5 Å². The second-order valence-corrected chi connectivity index (χ2v) is 6.75. The quantitative estimate of drug-likeness (QED) is 0.851. The first kappa shape index (κ1) is 16.9. The number of halogens is 2. The van der Waals surface area contributed by atoms with Crippen molar-refractivity contribution in [3.8, 4) is 0 Å². The lowest BCUT2D eigenvalue weighted by atomic mass is 9.85. The summed E-state index contributed by atoms with van der Waals surface area (Å²) < 4.78 is 26.7. The first-order valence-electron chi connectivity index (χ1n) is 8.44. The van der Waals surface area contributed by atoms with Crippen molar-refractivity contribution in [3.05, 3.63) is 35.4 Å². The summed E-state index contributed by atoms with van der Waals surface area (Å²) in [5, 5.41) is 0. The molecule has 0 aromatic heterocycles. The van der Waals surface area contributed by atoms with Gasteiger partial charge in [-0.05, 0) is 43.7 Å². The number of carbonyl (C=O) groups excluding carboxylic acids is 2. The van der Waals surface area contributed by atoms with Gasteiger partial charge in [-0.15, -0.1) is 0 Å². The zero-order chi connectivity index (χ0) is 17.3. The van der Waals surface area contributed by atoms with Crippen LogP contribution in [0.15, 0.2) is 18.2 Å². The minimum absolute atomic E-state index is 0.0209. The Morgan fingerprint density at radius 2 is 1.92 bits per heavy atom. The summed E-state index contributed by atoms with van der Waals surface area (Å²) in [6.45, 7) is 1.30. The number of benzene rings is 1. The molecule has 2 aliphatic heterocycles. The minimum Gasteiger partial charge on any atom is -0.344 e. The summed E-state index contributed by atoms with van der Waals surface area (Å²) in [5.41, 5.74) is -0.379. The third-order valence-electron chi connectivity index (χ3n) is 5.24. The molecule has 2 heterocycles. The number of rotatable bonds is 3. The van der Waals surface area contributed by atoms with Crippen LogP contribution in [0.1, 0.15) is 37.7 Å². The van der Waals surface area contributed by atoms with Crippen LogP contribution >= 0.6 is 0 Å². The van der Waals surface area contributed by atoms with Gasteiger partial charge < -0.3 is 9.80 Å². The van der Waals surface area contributed by atoms with Gasteiger partial charge in [0.05, 0.1) is 0 Å². The van der Waals surface area contributed by atoms with Crippen molar-refractivity contribution in [1.29, 1.82) is 0 Å². The molecular formula is C18H22F2N2O2. The predicted molar refractivity (Wildman–Crippen MR) is 85.2 cm³/mol.